The summed E-state index contributed by atoms with van der Waals surface area (Å²) in [5.74, 6) is 0. The van der Waals surface area contributed by atoms with Crippen LogP contribution in [0.25, 0.3) is 0 Å². The maximum atomic E-state index is 11.4. The fourth-order valence-electron chi connectivity index (χ4n) is 1.08. The molecule has 1 N–H and O–H groups in total. The molecule has 92 valence electrons. The van der Waals surface area contributed by atoms with Crippen LogP contribution in [0.15, 0.2) is 6.20 Å². The first-order valence-electron chi connectivity index (χ1n) is 5.04. The quantitative estimate of drug-likeness (QED) is 0.870. The Morgan fingerprint density at radius 2 is 2.12 bits per heavy atom. The minimum atomic E-state index is -3.03. The number of rotatable bonds is 5. The van der Waals surface area contributed by atoms with Crippen LogP contribution in [0.2, 0.25) is 0 Å². The lowest BCUT2D eigenvalue weighted by Gasteiger charge is -2.22. The largest absolute Gasteiger partial charge is 0.309 e. The highest BCUT2D eigenvalue weighted by molar-refractivity contribution is 7.92. The van der Waals surface area contributed by atoms with E-state index in [0.29, 0.717) is 13.1 Å². The van der Waals surface area contributed by atoms with E-state index in [-0.39, 0.29) is 0 Å². The molecule has 0 atom stereocenters. The summed E-state index contributed by atoms with van der Waals surface area (Å²) in [4.78, 5) is 5.37. The molecule has 0 aliphatic carbocycles. The molecule has 0 saturated heterocycles. The van der Waals surface area contributed by atoms with Crippen molar-refractivity contribution in [1.29, 1.82) is 0 Å². The van der Waals surface area contributed by atoms with E-state index in [2.05, 4.69) is 10.3 Å². The molecule has 16 heavy (non-hydrogen) atoms. The molecule has 0 fully saturated rings. The highest BCUT2D eigenvalue weighted by Gasteiger charge is 2.29. The monoisotopic (exact) mass is 262 g/mol. The second-order valence-electron chi connectivity index (χ2n) is 4.50. The van der Waals surface area contributed by atoms with Gasteiger partial charge in [0.2, 0.25) is 0 Å². The van der Waals surface area contributed by atoms with E-state index < -0.39 is 14.6 Å². The minimum Gasteiger partial charge on any atom is -0.309 e. The van der Waals surface area contributed by atoms with Crippen LogP contribution in [0.3, 0.4) is 0 Å². The third-order valence-electron chi connectivity index (χ3n) is 2.50. The summed E-state index contributed by atoms with van der Waals surface area (Å²) in [6.45, 7) is 6.51. The lowest BCUT2D eigenvalue weighted by atomic mass is 10.2. The average Bonchev–Trinajstić information content (AvgIpc) is 2.49. The second-order valence-corrected chi connectivity index (χ2v) is 8.47. The van der Waals surface area contributed by atoms with Gasteiger partial charge in [0.15, 0.2) is 9.84 Å². The van der Waals surface area contributed by atoms with Crippen LogP contribution in [-0.2, 0) is 16.4 Å². The molecule has 0 saturated carbocycles. The summed E-state index contributed by atoms with van der Waals surface area (Å²) in [6.07, 6.45) is 3.09. The Hall–Kier alpha value is -0.460. The third kappa shape index (κ3) is 3.54. The Labute approximate surface area is 101 Å². The molecule has 0 bridgehead atoms. The Balaban J connectivity index is 2.48. The van der Waals surface area contributed by atoms with E-state index in [4.69, 9.17) is 0 Å². The zero-order valence-corrected chi connectivity index (χ0v) is 11.7. The minimum absolute atomic E-state index is 0.435. The van der Waals surface area contributed by atoms with Gasteiger partial charge in [-0.2, -0.15) is 0 Å². The fraction of sp³-hybridized carbons (Fsp3) is 0.700. The molecule has 6 heteroatoms. The number of hydrogen-bond acceptors (Lipinski definition) is 5. The van der Waals surface area contributed by atoms with Gasteiger partial charge in [-0.3, -0.25) is 0 Å². The van der Waals surface area contributed by atoms with Crippen LogP contribution >= 0.6 is 11.3 Å². The van der Waals surface area contributed by atoms with Crippen LogP contribution in [0.1, 0.15) is 23.7 Å². The van der Waals surface area contributed by atoms with Crippen LogP contribution in [0.5, 0.6) is 0 Å². The van der Waals surface area contributed by atoms with Crippen molar-refractivity contribution in [1.82, 2.24) is 10.3 Å². The first kappa shape index (κ1) is 13.6. The van der Waals surface area contributed by atoms with Crippen molar-refractivity contribution in [3.05, 3.63) is 16.1 Å². The molecule has 1 aromatic rings. The Morgan fingerprint density at radius 1 is 1.50 bits per heavy atom. The zero-order chi connectivity index (χ0) is 12.4. The summed E-state index contributed by atoms with van der Waals surface area (Å²) in [7, 11) is -3.03. The van der Waals surface area contributed by atoms with Gasteiger partial charge in [0.25, 0.3) is 0 Å². The molecular formula is C10H18N2O2S2. The molecule has 0 radical (unpaired) electrons. The van der Waals surface area contributed by atoms with Gasteiger partial charge in [0.1, 0.15) is 5.01 Å². The number of nitrogens with zero attached hydrogens (tertiary/aromatic N) is 1. The van der Waals surface area contributed by atoms with Gasteiger partial charge >= 0.3 is 0 Å². The molecule has 0 unspecified atom stereocenters. The van der Waals surface area contributed by atoms with Crippen LogP contribution in [-0.4, -0.2) is 30.9 Å². The fourth-order valence-corrected chi connectivity index (χ4v) is 2.21. The predicted molar refractivity (Wildman–Crippen MR) is 67.5 cm³/mol. The second kappa shape index (κ2) is 4.81. The Morgan fingerprint density at radius 3 is 2.56 bits per heavy atom. The van der Waals surface area contributed by atoms with Crippen molar-refractivity contribution in [3.8, 4) is 0 Å². The predicted octanol–water partition coefficient (Wildman–Crippen LogP) is 1.36. The summed E-state index contributed by atoms with van der Waals surface area (Å²) in [5, 5.41) is 4.12. The molecule has 0 aliphatic rings. The highest BCUT2D eigenvalue weighted by Crippen LogP contribution is 2.15. The maximum absolute atomic E-state index is 11.4. The average molecular weight is 262 g/mol. The van der Waals surface area contributed by atoms with E-state index in [1.54, 1.807) is 25.2 Å². The number of aromatic nitrogens is 1. The summed E-state index contributed by atoms with van der Waals surface area (Å²) >= 11 is 1.62. The van der Waals surface area contributed by atoms with Gasteiger partial charge in [-0.15, -0.1) is 11.3 Å². The van der Waals surface area contributed by atoms with Crippen LogP contribution in [0.4, 0.5) is 0 Å². The molecule has 1 aromatic heterocycles. The first-order valence-corrected chi connectivity index (χ1v) is 7.75. The topological polar surface area (TPSA) is 59.1 Å². The SMILES string of the molecule is Cc1cnc(CNCC(C)(C)S(C)(=O)=O)s1. The Bertz CT molecular complexity index is 449. The smallest absolute Gasteiger partial charge is 0.153 e. The van der Waals surface area contributed by atoms with Crippen molar-refractivity contribution < 1.29 is 8.42 Å². The summed E-state index contributed by atoms with van der Waals surface area (Å²) in [5.41, 5.74) is 0. The molecular weight excluding hydrogens is 244 g/mol. The van der Waals surface area contributed by atoms with E-state index in [1.165, 1.54) is 11.1 Å². The number of aryl methyl sites for hydroxylation is 1. The lowest BCUT2D eigenvalue weighted by molar-refractivity contribution is 0.521. The third-order valence-corrected chi connectivity index (χ3v) is 5.56. The van der Waals surface area contributed by atoms with Gasteiger partial charge in [0.05, 0.1) is 4.75 Å². The van der Waals surface area contributed by atoms with E-state index in [1.807, 2.05) is 13.1 Å². The van der Waals surface area contributed by atoms with E-state index >= 15 is 0 Å². The summed E-state index contributed by atoms with van der Waals surface area (Å²) in [6, 6.07) is 0. The van der Waals surface area contributed by atoms with Crippen molar-refractivity contribution in [3.63, 3.8) is 0 Å². The molecule has 4 nitrogen and oxygen atoms in total. The Kier molecular flexibility index (Phi) is 4.09. The number of hydrogen-bond donors (Lipinski definition) is 1. The maximum Gasteiger partial charge on any atom is 0.153 e. The molecule has 0 amide bonds. The number of sulfone groups is 1. The van der Waals surface area contributed by atoms with Crippen molar-refractivity contribution in [2.75, 3.05) is 12.8 Å². The number of thiazole rings is 1. The number of nitrogens with one attached hydrogen (secondary N) is 1. The van der Waals surface area contributed by atoms with Crippen LogP contribution in [0, 0.1) is 6.92 Å². The lowest BCUT2D eigenvalue weighted by Crippen LogP contribution is -2.41. The van der Waals surface area contributed by atoms with E-state index in [9.17, 15) is 8.42 Å². The van der Waals surface area contributed by atoms with Gasteiger partial charge in [-0.1, -0.05) is 0 Å². The normalized spacial score (nSPS) is 13.0. The van der Waals surface area contributed by atoms with E-state index in [0.717, 1.165) is 5.01 Å². The first-order chi connectivity index (χ1) is 7.22. The van der Waals surface area contributed by atoms with Gasteiger partial charge in [-0.25, -0.2) is 13.4 Å². The molecule has 1 heterocycles. The molecule has 0 aromatic carbocycles. The molecule has 1 rings (SSSR count). The van der Waals surface area contributed by atoms with Gasteiger partial charge in [-0.05, 0) is 20.8 Å². The van der Waals surface area contributed by atoms with Gasteiger partial charge < -0.3 is 5.32 Å². The summed E-state index contributed by atoms with van der Waals surface area (Å²) < 4.78 is 22.2. The highest BCUT2D eigenvalue weighted by atomic mass is 32.2. The zero-order valence-electron chi connectivity index (χ0n) is 10.1. The van der Waals surface area contributed by atoms with Crippen LogP contribution < -0.4 is 5.32 Å². The van der Waals surface area contributed by atoms with Crippen molar-refractivity contribution in [2.24, 2.45) is 0 Å². The van der Waals surface area contributed by atoms with Gasteiger partial charge in [0, 0.05) is 30.4 Å². The van der Waals surface area contributed by atoms with Crippen molar-refractivity contribution in [2.45, 2.75) is 32.1 Å². The van der Waals surface area contributed by atoms with Crippen molar-refractivity contribution >= 4 is 21.2 Å². The standard InChI is InChI=1S/C10H18N2O2S2/c1-8-5-12-9(15-8)6-11-7-10(2,3)16(4,13)14/h5,11H,6-7H2,1-4H3. The molecule has 0 aliphatic heterocycles. The molecule has 0 spiro atoms.